The molecular weight excluding hydrogens is 411 g/mol. The second-order valence-electron chi connectivity index (χ2n) is 7.73. The minimum atomic E-state index is -1.07. The maximum absolute atomic E-state index is 14.1. The van der Waals surface area contributed by atoms with Gasteiger partial charge in [-0.05, 0) is 43.7 Å². The van der Waals surface area contributed by atoms with Crippen LogP contribution in [0.4, 0.5) is 4.39 Å². The van der Waals surface area contributed by atoms with Gasteiger partial charge in [-0.1, -0.05) is 13.3 Å². The number of aromatic carboxylic acids is 1. The predicted octanol–water partition coefficient (Wildman–Crippen LogP) is 4.45. The number of carbonyl (C=O) groups is 1. The Hall–Kier alpha value is -3.68. The molecule has 0 radical (unpaired) electrons. The molecule has 0 unspecified atom stereocenters. The molecule has 0 aliphatic carbocycles. The summed E-state index contributed by atoms with van der Waals surface area (Å²) in [6.45, 7) is 4.17. The van der Waals surface area contributed by atoms with Crippen molar-refractivity contribution in [2.24, 2.45) is 7.05 Å². The SMILES string of the molecule is CCCc1cnc2ccc(-c3cc(F)ccc3OCCc3c(C(=O)O)nn(C)c3C)cn12. The monoisotopic (exact) mass is 436 g/mol. The van der Waals surface area contributed by atoms with Gasteiger partial charge in [0.1, 0.15) is 17.2 Å². The van der Waals surface area contributed by atoms with Gasteiger partial charge in [-0.2, -0.15) is 5.10 Å². The number of aryl methyl sites for hydroxylation is 2. The number of imidazole rings is 1. The average Bonchev–Trinajstić information content (AvgIpc) is 3.30. The van der Waals surface area contributed by atoms with Gasteiger partial charge in [0.2, 0.25) is 0 Å². The molecule has 0 amide bonds. The van der Waals surface area contributed by atoms with E-state index in [2.05, 4.69) is 17.0 Å². The van der Waals surface area contributed by atoms with Gasteiger partial charge < -0.3 is 14.2 Å². The molecule has 166 valence electrons. The quantitative estimate of drug-likeness (QED) is 0.441. The second kappa shape index (κ2) is 8.82. The van der Waals surface area contributed by atoms with Crippen molar-refractivity contribution in [3.63, 3.8) is 0 Å². The van der Waals surface area contributed by atoms with Crippen molar-refractivity contribution < 1.29 is 19.0 Å². The van der Waals surface area contributed by atoms with Crippen LogP contribution in [0, 0.1) is 12.7 Å². The van der Waals surface area contributed by atoms with Gasteiger partial charge in [0.05, 0.1) is 6.61 Å². The molecule has 1 N–H and O–H groups in total. The lowest BCUT2D eigenvalue weighted by molar-refractivity contribution is 0.0688. The fourth-order valence-corrected chi connectivity index (χ4v) is 3.87. The zero-order valence-corrected chi connectivity index (χ0v) is 18.3. The number of fused-ring (bicyclic) bond motifs is 1. The van der Waals surface area contributed by atoms with Gasteiger partial charge in [0.15, 0.2) is 5.69 Å². The highest BCUT2D eigenvalue weighted by molar-refractivity contribution is 5.87. The third-order valence-corrected chi connectivity index (χ3v) is 5.61. The standard InChI is InChI=1S/C24H25FN4O3/c1-4-5-18-13-26-22-9-6-16(14-29(18)22)20-12-17(25)7-8-21(20)32-11-10-19-15(2)28(3)27-23(19)24(30)31/h6-9,12-14H,4-5,10-11H2,1-3H3,(H,30,31). The van der Waals surface area contributed by atoms with Crippen LogP contribution in [0.3, 0.4) is 0 Å². The first-order valence-corrected chi connectivity index (χ1v) is 10.5. The first kappa shape index (κ1) is 21.5. The van der Waals surface area contributed by atoms with Crippen LogP contribution in [0.5, 0.6) is 5.75 Å². The van der Waals surface area contributed by atoms with Crippen molar-refractivity contribution in [2.45, 2.75) is 33.1 Å². The highest BCUT2D eigenvalue weighted by Crippen LogP contribution is 2.32. The van der Waals surface area contributed by atoms with Gasteiger partial charge in [0.25, 0.3) is 0 Å². The molecule has 0 aliphatic rings. The Morgan fingerprint density at radius 3 is 2.78 bits per heavy atom. The van der Waals surface area contributed by atoms with Crippen LogP contribution in [0.25, 0.3) is 16.8 Å². The molecule has 4 rings (SSSR count). The molecule has 7 nitrogen and oxygen atoms in total. The fraction of sp³-hybridized carbons (Fsp3) is 0.292. The Morgan fingerprint density at radius 1 is 1.22 bits per heavy atom. The summed E-state index contributed by atoms with van der Waals surface area (Å²) in [5.41, 5.74) is 4.81. The molecule has 32 heavy (non-hydrogen) atoms. The van der Waals surface area contributed by atoms with Crippen LogP contribution in [0.1, 0.15) is 40.8 Å². The molecule has 0 atom stereocenters. The third kappa shape index (κ3) is 4.08. The Labute approximate surface area is 185 Å². The Balaban J connectivity index is 1.62. The van der Waals surface area contributed by atoms with Crippen molar-refractivity contribution in [1.82, 2.24) is 19.2 Å². The molecule has 0 spiro atoms. The number of halogens is 1. The number of nitrogens with zero attached hydrogens (tertiary/aromatic N) is 4. The molecule has 0 aliphatic heterocycles. The topological polar surface area (TPSA) is 81.7 Å². The summed E-state index contributed by atoms with van der Waals surface area (Å²) in [5, 5.41) is 13.5. The van der Waals surface area contributed by atoms with E-state index in [-0.39, 0.29) is 18.1 Å². The van der Waals surface area contributed by atoms with E-state index in [1.807, 2.05) is 35.9 Å². The minimum Gasteiger partial charge on any atom is -0.493 e. The van der Waals surface area contributed by atoms with E-state index in [9.17, 15) is 14.3 Å². The van der Waals surface area contributed by atoms with Gasteiger partial charge in [-0.15, -0.1) is 0 Å². The van der Waals surface area contributed by atoms with Crippen LogP contribution in [0.2, 0.25) is 0 Å². The highest BCUT2D eigenvalue weighted by atomic mass is 19.1. The number of ether oxygens (including phenoxy) is 1. The molecule has 4 aromatic rings. The number of pyridine rings is 1. The lowest BCUT2D eigenvalue weighted by atomic mass is 10.1. The molecular formula is C24H25FN4O3. The van der Waals surface area contributed by atoms with Gasteiger partial charge in [-0.25, -0.2) is 14.2 Å². The van der Waals surface area contributed by atoms with Crippen molar-refractivity contribution in [3.05, 3.63) is 71.2 Å². The normalized spacial score (nSPS) is 11.2. The van der Waals surface area contributed by atoms with Crippen LogP contribution in [0.15, 0.2) is 42.7 Å². The van der Waals surface area contributed by atoms with Crippen LogP contribution in [-0.4, -0.2) is 36.8 Å². The molecule has 8 heteroatoms. The summed E-state index contributed by atoms with van der Waals surface area (Å²) < 4.78 is 23.7. The average molecular weight is 436 g/mol. The minimum absolute atomic E-state index is 0.0296. The number of carboxylic acid groups (broad SMARTS) is 1. The Morgan fingerprint density at radius 2 is 2.03 bits per heavy atom. The Kier molecular flexibility index (Phi) is 5.94. The van der Waals surface area contributed by atoms with E-state index in [0.29, 0.717) is 23.3 Å². The van der Waals surface area contributed by atoms with Crippen molar-refractivity contribution in [1.29, 1.82) is 0 Å². The maximum Gasteiger partial charge on any atom is 0.356 e. The van der Waals surface area contributed by atoms with Crippen molar-refractivity contribution in [3.8, 4) is 16.9 Å². The predicted molar refractivity (Wildman–Crippen MR) is 119 cm³/mol. The van der Waals surface area contributed by atoms with Crippen LogP contribution < -0.4 is 4.74 Å². The van der Waals surface area contributed by atoms with Crippen molar-refractivity contribution >= 4 is 11.6 Å². The van der Waals surface area contributed by atoms with E-state index in [0.717, 1.165) is 35.4 Å². The second-order valence-corrected chi connectivity index (χ2v) is 7.73. The summed E-state index contributed by atoms with van der Waals surface area (Å²) in [7, 11) is 1.71. The number of aromatic nitrogens is 4. The summed E-state index contributed by atoms with van der Waals surface area (Å²) in [6, 6.07) is 8.21. The van der Waals surface area contributed by atoms with Crippen molar-refractivity contribution in [2.75, 3.05) is 6.61 Å². The number of benzene rings is 1. The van der Waals surface area contributed by atoms with Gasteiger partial charge in [0, 0.05) is 53.9 Å². The zero-order valence-electron chi connectivity index (χ0n) is 18.3. The summed E-state index contributed by atoms with van der Waals surface area (Å²) in [6.07, 6.45) is 6.08. The summed E-state index contributed by atoms with van der Waals surface area (Å²) in [5.74, 6) is -0.896. The smallest absolute Gasteiger partial charge is 0.356 e. The number of carboxylic acids is 1. The molecule has 0 saturated carbocycles. The van der Waals surface area contributed by atoms with Gasteiger partial charge >= 0.3 is 5.97 Å². The molecule has 3 aromatic heterocycles. The van der Waals surface area contributed by atoms with E-state index < -0.39 is 5.97 Å². The number of hydrogen-bond acceptors (Lipinski definition) is 4. The first-order chi connectivity index (χ1) is 15.4. The van der Waals surface area contributed by atoms with E-state index >= 15 is 0 Å². The first-order valence-electron chi connectivity index (χ1n) is 10.5. The van der Waals surface area contributed by atoms with Crippen LogP contribution >= 0.6 is 0 Å². The highest BCUT2D eigenvalue weighted by Gasteiger charge is 2.19. The summed E-state index contributed by atoms with van der Waals surface area (Å²) in [4.78, 5) is 15.9. The molecule has 3 heterocycles. The number of hydrogen-bond donors (Lipinski definition) is 1. The van der Waals surface area contributed by atoms with Crippen LogP contribution in [-0.2, 0) is 19.9 Å². The zero-order chi connectivity index (χ0) is 22.8. The lowest BCUT2D eigenvalue weighted by Gasteiger charge is -2.13. The Bertz CT molecular complexity index is 1290. The van der Waals surface area contributed by atoms with E-state index in [1.54, 1.807) is 17.8 Å². The maximum atomic E-state index is 14.1. The number of rotatable bonds is 8. The fourth-order valence-electron chi connectivity index (χ4n) is 3.87. The summed E-state index contributed by atoms with van der Waals surface area (Å²) >= 11 is 0. The third-order valence-electron chi connectivity index (χ3n) is 5.61. The molecule has 0 bridgehead atoms. The molecule has 0 saturated heterocycles. The van der Waals surface area contributed by atoms with E-state index in [4.69, 9.17) is 4.74 Å². The molecule has 0 fully saturated rings. The van der Waals surface area contributed by atoms with Gasteiger partial charge in [-0.3, -0.25) is 4.68 Å². The molecule has 1 aromatic carbocycles. The lowest BCUT2D eigenvalue weighted by Crippen LogP contribution is -2.08. The van der Waals surface area contributed by atoms with E-state index in [1.165, 1.54) is 12.1 Å². The largest absolute Gasteiger partial charge is 0.493 e.